The van der Waals surface area contributed by atoms with Crippen molar-refractivity contribution in [3.8, 4) is 0 Å². The van der Waals surface area contributed by atoms with E-state index in [2.05, 4.69) is 10.6 Å². The molecule has 1 rings (SSSR count). The summed E-state index contributed by atoms with van der Waals surface area (Å²) in [5, 5.41) is 14.5. The smallest absolute Gasteiger partial charge is 0.317 e. The van der Waals surface area contributed by atoms with E-state index >= 15 is 0 Å². The largest absolute Gasteiger partial charge is 0.481 e. The lowest BCUT2D eigenvalue weighted by Crippen LogP contribution is -2.52. The van der Waals surface area contributed by atoms with Gasteiger partial charge in [-0.2, -0.15) is 0 Å². The lowest BCUT2D eigenvalue weighted by Gasteiger charge is -2.39. The highest BCUT2D eigenvalue weighted by atomic mass is 16.4. The van der Waals surface area contributed by atoms with Crippen molar-refractivity contribution in [1.29, 1.82) is 0 Å². The molecule has 1 atom stereocenters. The van der Waals surface area contributed by atoms with Gasteiger partial charge in [0.2, 0.25) is 5.91 Å². The number of aliphatic carboxylic acids is 1. The quantitative estimate of drug-likeness (QED) is 0.681. The van der Waals surface area contributed by atoms with E-state index in [0.717, 1.165) is 0 Å². The lowest BCUT2D eigenvalue weighted by atomic mass is 9.78. The average Bonchev–Trinajstić information content (AvgIpc) is 2.46. The molecule has 0 radical (unpaired) electrons. The van der Waals surface area contributed by atoms with Gasteiger partial charge in [-0.25, -0.2) is 4.79 Å². The van der Waals surface area contributed by atoms with Crippen LogP contribution in [0.5, 0.6) is 0 Å². The molecule has 1 aliphatic heterocycles. The van der Waals surface area contributed by atoms with Crippen molar-refractivity contribution in [2.24, 2.45) is 5.41 Å². The number of likely N-dealkylation sites (tertiary alicyclic amines) is 1. The van der Waals surface area contributed by atoms with E-state index in [1.165, 1.54) is 11.9 Å². The van der Waals surface area contributed by atoms with Crippen molar-refractivity contribution in [2.75, 3.05) is 26.7 Å². The molecule has 7 nitrogen and oxygen atoms in total. The summed E-state index contributed by atoms with van der Waals surface area (Å²) in [5.41, 5.74) is -0.837. The average molecular weight is 285 g/mol. The zero-order valence-electron chi connectivity index (χ0n) is 12.1. The van der Waals surface area contributed by atoms with Crippen molar-refractivity contribution in [3.05, 3.63) is 0 Å². The summed E-state index contributed by atoms with van der Waals surface area (Å²) in [4.78, 5) is 36.0. The molecule has 3 amide bonds. The molecule has 0 aromatic rings. The topological polar surface area (TPSA) is 98.7 Å². The summed E-state index contributed by atoms with van der Waals surface area (Å²) >= 11 is 0. The Bertz CT molecular complexity index is 386. The Labute approximate surface area is 118 Å². The number of carbonyl (C=O) groups is 3. The summed E-state index contributed by atoms with van der Waals surface area (Å²) < 4.78 is 0. The molecule has 1 fully saturated rings. The number of amides is 3. The maximum absolute atomic E-state index is 12.0. The van der Waals surface area contributed by atoms with Crippen molar-refractivity contribution in [1.82, 2.24) is 15.5 Å². The molecular formula is C13H23N3O4. The normalized spacial score (nSPS) is 22.2. The second-order valence-electron chi connectivity index (χ2n) is 5.12. The number of urea groups is 1. The standard InChI is InChI=1S/C13H23N3O4/c1-3-13(11(18)19)6-4-8-16(9-13)12(20)15-7-5-10(17)14-2/h3-9H2,1-2H3,(H,14,17)(H,15,20)(H,18,19). The van der Waals surface area contributed by atoms with E-state index in [9.17, 15) is 19.5 Å². The highest BCUT2D eigenvalue weighted by Gasteiger charge is 2.42. The van der Waals surface area contributed by atoms with E-state index in [0.29, 0.717) is 25.8 Å². The molecule has 1 aliphatic rings. The van der Waals surface area contributed by atoms with Crippen LogP contribution in [0.15, 0.2) is 0 Å². The van der Waals surface area contributed by atoms with Crippen molar-refractivity contribution in [3.63, 3.8) is 0 Å². The first kappa shape index (κ1) is 16.3. The Morgan fingerprint density at radius 1 is 1.35 bits per heavy atom. The third kappa shape index (κ3) is 3.85. The number of hydrogen-bond donors (Lipinski definition) is 3. The minimum absolute atomic E-state index is 0.141. The van der Waals surface area contributed by atoms with Gasteiger partial charge in [0, 0.05) is 33.1 Å². The van der Waals surface area contributed by atoms with Gasteiger partial charge in [0.15, 0.2) is 0 Å². The molecule has 1 unspecified atom stereocenters. The Morgan fingerprint density at radius 2 is 2.05 bits per heavy atom. The number of nitrogens with zero attached hydrogens (tertiary/aromatic N) is 1. The van der Waals surface area contributed by atoms with Crippen molar-refractivity contribution in [2.45, 2.75) is 32.6 Å². The third-order valence-corrected chi connectivity index (χ3v) is 3.90. The molecule has 3 N–H and O–H groups in total. The molecule has 0 aromatic heterocycles. The highest BCUT2D eigenvalue weighted by molar-refractivity contribution is 5.80. The van der Waals surface area contributed by atoms with Crippen LogP contribution < -0.4 is 10.6 Å². The zero-order valence-corrected chi connectivity index (χ0v) is 12.1. The molecule has 7 heteroatoms. The molecule has 0 bridgehead atoms. The molecule has 114 valence electrons. The molecule has 20 heavy (non-hydrogen) atoms. The number of carboxylic acid groups (broad SMARTS) is 1. The van der Waals surface area contributed by atoms with Gasteiger partial charge in [-0.15, -0.1) is 0 Å². The minimum Gasteiger partial charge on any atom is -0.481 e. The summed E-state index contributed by atoms with van der Waals surface area (Å²) in [6.07, 6.45) is 2.00. The van der Waals surface area contributed by atoms with E-state index in [-0.39, 0.29) is 31.4 Å². The van der Waals surface area contributed by atoms with Gasteiger partial charge in [0.1, 0.15) is 0 Å². The molecule has 0 saturated carbocycles. The van der Waals surface area contributed by atoms with E-state index < -0.39 is 11.4 Å². The SMILES string of the molecule is CCC1(C(=O)O)CCCN(C(=O)NCCC(=O)NC)C1. The molecule has 0 spiro atoms. The van der Waals surface area contributed by atoms with Gasteiger partial charge < -0.3 is 20.6 Å². The summed E-state index contributed by atoms with van der Waals surface area (Å²) in [6.45, 7) is 2.87. The molecule has 0 aliphatic carbocycles. The lowest BCUT2D eigenvalue weighted by molar-refractivity contribution is -0.152. The second-order valence-corrected chi connectivity index (χ2v) is 5.12. The Balaban J connectivity index is 2.52. The first-order chi connectivity index (χ1) is 9.45. The summed E-state index contributed by atoms with van der Waals surface area (Å²) in [5.74, 6) is -0.986. The van der Waals surface area contributed by atoms with Gasteiger partial charge in [0.25, 0.3) is 0 Å². The summed E-state index contributed by atoms with van der Waals surface area (Å²) in [7, 11) is 1.54. The Kier molecular flexibility index (Phi) is 5.79. The second kappa shape index (κ2) is 7.12. The zero-order chi connectivity index (χ0) is 15.2. The van der Waals surface area contributed by atoms with Gasteiger partial charge in [-0.05, 0) is 19.3 Å². The predicted molar refractivity (Wildman–Crippen MR) is 73.2 cm³/mol. The van der Waals surface area contributed by atoms with E-state index in [4.69, 9.17) is 0 Å². The van der Waals surface area contributed by atoms with E-state index in [1.807, 2.05) is 6.92 Å². The van der Waals surface area contributed by atoms with Crippen LogP contribution in [-0.4, -0.2) is 54.6 Å². The van der Waals surface area contributed by atoms with Crippen LogP contribution in [0.3, 0.4) is 0 Å². The first-order valence-electron chi connectivity index (χ1n) is 6.92. The fraction of sp³-hybridized carbons (Fsp3) is 0.769. The van der Waals surface area contributed by atoms with E-state index in [1.54, 1.807) is 0 Å². The van der Waals surface area contributed by atoms with Gasteiger partial charge >= 0.3 is 12.0 Å². The highest BCUT2D eigenvalue weighted by Crippen LogP contribution is 2.33. The predicted octanol–water partition coefficient (Wildman–Crippen LogP) is 0.409. The van der Waals surface area contributed by atoms with Gasteiger partial charge in [0.05, 0.1) is 5.41 Å². The van der Waals surface area contributed by atoms with Crippen LogP contribution in [0.25, 0.3) is 0 Å². The monoisotopic (exact) mass is 285 g/mol. The summed E-state index contributed by atoms with van der Waals surface area (Å²) in [6, 6.07) is -0.298. The fourth-order valence-electron chi connectivity index (χ4n) is 2.44. The van der Waals surface area contributed by atoms with Crippen molar-refractivity contribution < 1.29 is 19.5 Å². The van der Waals surface area contributed by atoms with Crippen LogP contribution >= 0.6 is 0 Å². The number of carbonyl (C=O) groups excluding carboxylic acids is 2. The fourth-order valence-corrected chi connectivity index (χ4v) is 2.44. The minimum atomic E-state index is -0.845. The third-order valence-electron chi connectivity index (χ3n) is 3.90. The van der Waals surface area contributed by atoms with Crippen LogP contribution in [0.2, 0.25) is 0 Å². The Hall–Kier alpha value is -1.79. The Morgan fingerprint density at radius 3 is 2.60 bits per heavy atom. The molecule has 1 saturated heterocycles. The number of rotatable bonds is 5. The van der Waals surface area contributed by atoms with Crippen LogP contribution in [0, 0.1) is 5.41 Å². The number of nitrogens with one attached hydrogen (secondary N) is 2. The molecule has 1 heterocycles. The number of hydrogen-bond acceptors (Lipinski definition) is 3. The molecular weight excluding hydrogens is 262 g/mol. The number of carboxylic acids is 1. The van der Waals surface area contributed by atoms with Crippen LogP contribution in [0.4, 0.5) is 4.79 Å². The maximum atomic E-state index is 12.0. The van der Waals surface area contributed by atoms with Crippen molar-refractivity contribution >= 4 is 17.9 Å². The van der Waals surface area contributed by atoms with Gasteiger partial charge in [-0.3, -0.25) is 9.59 Å². The maximum Gasteiger partial charge on any atom is 0.317 e. The number of piperidine rings is 1. The van der Waals surface area contributed by atoms with Gasteiger partial charge in [-0.1, -0.05) is 6.92 Å². The first-order valence-corrected chi connectivity index (χ1v) is 6.92. The molecule has 0 aromatic carbocycles. The van der Waals surface area contributed by atoms with Crippen LogP contribution in [-0.2, 0) is 9.59 Å². The van der Waals surface area contributed by atoms with Crippen LogP contribution in [0.1, 0.15) is 32.6 Å².